The van der Waals surface area contributed by atoms with E-state index >= 15 is 0 Å². The second-order valence-corrected chi connectivity index (χ2v) is 7.79. The van der Waals surface area contributed by atoms with E-state index in [-0.39, 0.29) is 11.2 Å². The van der Waals surface area contributed by atoms with Gasteiger partial charge in [0.2, 0.25) is 0 Å². The van der Waals surface area contributed by atoms with Crippen LogP contribution in [0, 0.1) is 11.3 Å². The Hall–Kier alpha value is -2.93. The standard InChI is InChI=1S/C20H26N6O/c1-20-11-23-9-15(20)10-26(12-20)19(22)5-4-17(21)16-3-2-13(6-18(16)27)14-7-24-25-8-14/h2-8,15,23,27H,9-12,21-22H2,1H3,(H,24,25)/b17-4-,19-5+/t15-,20+/m0/s1. The van der Waals surface area contributed by atoms with Crippen LogP contribution in [0.4, 0.5) is 0 Å². The van der Waals surface area contributed by atoms with Crippen LogP contribution in [0.5, 0.6) is 5.75 Å². The molecule has 2 fully saturated rings. The van der Waals surface area contributed by atoms with Crippen molar-refractivity contribution in [3.63, 3.8) is 0 Å². The lowest BCUT2D eigenvalue weighted by atomic mass is 9.83. The molecule has 0 unspecified atom stereocenters. The Morgan fingerprint density at radius 1 is 1.33 bits per heavy atom. The molecule has 2 atom stereocenters. The van der Waals surface area contributed by atoms with Gasteiger partial charge in [0.1, 0.15) is 5.75 Å². The fourth-order valence-corrected chi connectivity index (χ4v) is 4.09. The Labute approximate surface area is 158 Å². The summed E-state index contributed by atoms with van der Waals surface area (Å²) in [4.78, 5) is 2.22. The Morgan fingerprint density at radius 2 is 2.19 bits per heavy atom. The minimum absolute atomic E-state index is 0.128. The highest BCUT2D eigenvalue weighted by atomic mass is 16.3. The van der Waals surface area contributed by atoms with Crippen molar-refractivity contribution >= 4 is 5.70 Å². The fourth-order valence-electron chi connectivity index (χ4n) is 4.09. The number of allylic oxidation sites excluding steroid dienone is 2. The van der Waals surface area contributed by atoms with Crippen LogP contribution < -0.4 is 16.8 Å². The van der Waals surface area contributed by atoms with E-state index in [4.69, 9.17) is 11.5 Å². The Morgan fingerprint density at radius 3 is 2.89 bits per heavy atom. The van der Waals surface area contributed by atoms with Gasteiger partial charge in [0.05, 0.1) is 12.0 Å². The monoisotopic (exact) mass is 366 g/mol. The molecule has 0 saturated carbocycles. The number of H-pyrrole nitrogens is 1. The number of aromatic amines is 1. The van der Waals surface area contributed by atoms with Crippen molar-refractivity contribution in [2.24, 2.45) is 22.8 Å². The first-order valence-corrected chi connectivity index (χ1v) is 9.17. The zero-order valence-electron chi connectivity index (χ0n) is 15.4. The van der Waals surface area contributed by atoms with Gasteiger partial charge >= 0.3 is 0 Å². The van der Waals surface area contributed by atoms with Crippen LogP contribution in [0.3, 0.4) is 0 Å². The number of aromatic nitrogens is 2. The van der Waals surface area contributed by atoms with Crippen LogP contribution in [0.1, 0.15) is 12.5 Å². The zero-order chi connectivity index (χ0) is 19.0. The molecule has 2 saturated heterocycles. The van der Waals surface area contributed by atoms with Crippen molar-refractivity contribution in [3.8, 4) is 16.9 Å². The van der Waals surface area contributed by atoms with Gasteiger partial charge in [0.15, 0.2) is 0 Å². The summed E-state index contributed by atoms with van der Waals surface area (Å²) >= 11 is 0. The van der Waals surface area contributed by atoms with Gasteiger partial charge in [-0.3, -0.25) is 5.10 Å². The highest BCUT2D eigenvalue weighted by molar-refractivity contribution is 5.74. The number of nitrogens with zero attached hydrogens (tertiary/aromatic N) is 2. The number of aromatic hydroxyl groups is 1. The molecule has 0 amide bonds. The maximum Gasteiger partial charge on any atom is 0.125 e. The van der Waals surface area contributed by atoms with Crippen LogP contribution in [0.2, 0.25) is 0 Å². The lowest BCUT2D eigenvalue weighted by Crippen LogP contribution is -2.32. The van der Waals surface area contributed by atoms with Crippen molar-refractivity contribution in [3.05, 3.63) is 54.1 Å². The Balaban J connectivity index is 1.50. The molecule has 27 heavy (non-hydrogen) atoms. The lowest BCUT2D eigenvalue weighted by molar-refractivity contribution is 0.311. The van der Waals surface area contributed by atoms with Crippen molar-refractivity contribution in [2.45, 2.75) is 6.92 Å². The van der Waals surface area contributed by atoms with Crippen molar-refractivity contribution in [2.75, 3.05) is 26.2 Å². The first-order valence-electron chi connectivity index (χ1n) is 9.17. The summed E-state index contributed by atoms with van der Waals surface area (Å²) in [5.41, 5.74) is 15.6. The number of hydrogen-bond donors (Lipinski definition) is 5. The molecule has 1 aromatic carbocycles. The number of benzene rings is 1. The van der Waals surface area contributed by atoms with Crippen LogP contribution in [0.25, 0.3) is 16.8 Å². The van der Waals surface area contributed by atoms with Gasteiger partial charge < -0.3 is 26.8 Å². The number of hydrogen-bond acceptors (Lipinski definition) is 6. The number of rotatable bonds is 4. The van der Waals surface area contributed by atoms with E-state index in [0.29, 0.717) is 23.0 Å². The molecule has 7 nitrogen and oxygen atoms in total. The zero-order valence-corrected chi connectivity index (χ0v) is 15.4. The van der Waals surface area contributed by atoms with Crippen LogP contribution in [0.15, 0.2) is 48.6 Å². The number of likely N-dealkylation sites (tertiary alicyclic amines) is 1. The smallest absolute Gasteiger partial charge is 0.125 e. The number of nitrogens with two attached hydrogens (primary N) is 2. The quantitative estimate of drug-likeness (QED) is 0.523. The van der Waals surface area contributed by atoms with Crippen LogP contribution in [-0.4, -0.2) is 46.4 Å². The van der Waals surface area contributed by atoms with Crippen LogP contribution >= 0.6 is 0 Å². The van der Waals surface area contributed by atoms with E-state index in [1.165, 1.54) is 0 Å². The van der Waals surface area contributed by atoms with E-state index in [0.717, 1.165) is 37.3 Å². The van der Waals surface area contributed by atoms with E-state index in [9.17, 15) is 5.11 Å². The fraction of sp³-hybridized carbons (Fsp3) is 0.350. The van der Waals surface area contributed by atoms with Gasteiger partial charge in [-0.2, -0.15) is 5.10 Å². The van der Waals surface area contributed by atoms with Gasteiger partial charge in [0, 0.05) is 54.6 Å². The number of nitrogens with one attached hydrogen (secondary N) is 2. The highest BCUT2D eigenvalue weighted by Crippen LogP contribution is 2.39. The summed E-state index contributed by atoms with van der Waals surface area (Å²) in [6, 6.07) is 5.40. The lowest BCUT2D eigenvalue weighted by Gasteiger charge is -2.23. The van der Waals surface area contributed by atoms with E-state index in [1.54, 1.807) is 30.6 Å². The molecule has 0 spiro atoms. The van der Waals surface area contributed by atoms with E-state index in [1.807, 2.05) is 12.1 Å². The molecule has 7 N–H and O–H groups in total. The van der Waals surface area contributed by atoms with Crippen molar-refractivity contribution < 1.29 is 5.11 Å². The van der Waals surface area contributed by atoms with E-state index < -0.39 is 0 Å². The van der Waals surface area contributed by atoms with Gasteiger partial charge in [-0.15, -0.1) is 0 Å². The summed E-state index contributed by atoms with van der Waals surface area (Å²) in [5.74, 6) is 1.47. The first-order chi connectivity index (χ1) is 13.0. The molecular formula is C20H26N6O. The molecule has 2 aromatic rings. The molecule has 0 bridgehead atoms. The number of fused-ring (bicyclic) bond motifs is 1. The van der Waals surface area contributed by atoms with Crippen molar-refractivity contribution in [1.29, 1.82) is 0 Å². The van der Waals surface area contributed by atoms with Gasteiger partial charge in [-0.1, -0.05) is 13.0 Å². The van der Waals surface area contributed by atoms with E-state index in [2.05, 4.69) is 27.3 Å². The molecular weight excluding hydrogens is 340 g/mol. The molecule has 3 heterocycles. The third-order valence-corrected chi connectivity index (χ3v) is 5.84. The predicted molar refractivity (Wildman–Crippen MR) is 106 cm³/mol. The number of phenols is 1. The molecule has 2 aliphatic heterocycles. The summed E-state index contributed by atoms with van der Waals surface area (Å²) < 4.78 is 0. The minimum atomic E-state index is 0.128. The van der Waals surface area contributed by atoms with Gasteiger partial charge in [0.25, 0.3) is 0 Å². The second kappa shape index (κ2) is 6.66. The summed E-state index contributed by atoms with van der Waals surface area (Å²) in [5, 5.41) is 20.5. The second-order valence-electron chi connectivity index (χ2n) is 7.79. The molecule has 4 rings (SSSR count). The highest BCUT2D eigenvalue weighted by Gasteiger charge is 2.46. The normalized spacial score (nSPS) is 25.8. The summed E-state index contributed by atoms with van der Waals surface area (Å²) in [6.07, 6.45) is 7.07. The average Bonchev–Trinajstić information content (AvgIpc) is 3.34. The molecule has 0 radical (unpaired) electrons. The third-order valence-electron chi connectivity index (χ3n) is 5.84. The minimum Gasteiger partial charge on any atom is -0.507 e. The SMILES string of the molecule is C[C@]12CNC[C@H]1CN(/C(N)=C/C=C(\N)c1ccc(-c3cn[nH]c3)cc1O)C2. The largest absolute Gasteiger partial charge is 0.507 e. The predicted octanol–water partition coefficient (Wildman–Crippen LogP) is 1.42. The Bertz CT molecular complexity index is 888. The maximum absolute atomic E-state index is 10.4. The topological polar surface area (TPSA) is 116 Å². The summed E-state index contributed by atoms with van der Waals surface area (Å²) in [6.45, 7) is 6.32. The molecule has 0 aliphatic carbocycles. The maximum atomic E-state index is 10.4. The third kappa shape index (κ3) is 3.26. The van der Waals surface area contributed by atoms with Crippen molar-refractivity contribution in [1.82, 2.24) is 20.4 Å². The first kappa shape index (κ1) is 17.5. The summed E-state index contributed by atoms with van der Waals surface area (Å²) in [7, 11) is 0. The average molecular weight is 366 g/mol. The molecule has 7 heteroatoms. The molecule has 1 aromatic heterocycles. The van der Waals surface area contributed by atoms with Crippen LogP contribution in [-0.2, 0) is 0 Å². The molecule has 142 valence electrons. The van der Waals surface area contributed by atoms with Gasteiger partial charge in [-0.05, 0) is 35.8 Å². The number of phenolic OH excluding ortho intramolecular Hbond substituents is 1. The van der Waals surface area contributed by atoms with Gasteiger partial charge in [-0.25, -0.2) is 0 Å². The molecule has 2 aliphatic rings. The Kier molecular flexibility index (Phi) is 4.31.